The molecule has 0 saturated carbocycles. The summed E-state index contributed by atoms with van der Waals surface area (Å²) >= 11 is 12.0. The molecule has 1 aromatic rings. The van der Waals surface area contributed by atoms with Crippen molar-refractivity contribution in [1.29, 1.82) is 0 Å². The largest absolute Gasteiger partial charge is 0.479 e. The monoisotopic (exact) mass is 345 g/mol. The Hall–Kier alpha value is -0.970. The number of likely N-dealkylation sites (tertiary alicyclic amines) is 1. The molecule has 1 aliphatic heterocycles. The Bertz CT molecular complexity index is 538. The minimum absolute atomic E-state index is 0.0957. The van der Waals surface area contributed by atoms with Gasteiger partial charge in [0.2, 0.25) is 0 Å². The fourth-order valence-electron chi connectivity index (χ4n) is 2.69. The van der Waals surface area contributed by atoms with Gasteiger partial charge in [-0.05, 0) is 44.7 Å². The van der Waals surface area contributed by atoms with E-state index in [0.29, 0.717) is 22.3 Å². The SMILES string of the molecule is CC(Oc1cccc(Cl)c1Cl)C(=O)N1CC(CO)CCC1C. The number of carbonyl (C=O) groups excluding carboxylic acids is 1. The van der Waals surface area contributed by atoms with Crippen LogP contribution in [0, 0.1) is 5.92 Å². The van der Waals surface area contributed by atoms with Crippen LogP contribution < -0.4 is 4.74 Å². The van der Waals surface area contributed by atoms with Gasteiger partial charge in [-0.1, -0.05) is 29.3 Å². The quantitative estimate of drug-likeness (QED) is 0.909. The Labute approximate surface area is 141 Å². The van der Waals surface area contributed by atoms with Gasteiger partial charge in [-0.15, -0.1) is 0 Å². The summed E-state index contributed by atoms with van der Waals surface area (Å²) < 4.78 is 5.69. The zero-order valence-electron chi connectivity index (χ0n) is 12.8. The van der Waals surface area contributed by atoms with Crippen LogP contribution in [0.3, 0.4) is 0 Å². The first-order chi connectivity index (χ1) is 10.4. The van der Waals surface area contributed by atoms with E-state index in [4.69, 9.17) is 27.9 Å². The van der Waals surface area contributed by atoms with E-state index < -0.39 is 6.10 Å². The molecule has 0 aliphatic carbocycles. The summed E-state index contributed by atoms with van der Waals surface area (Å²) in [5, 5.41) is 10.0. The second kappa shape index (κ2) is 7.53. The van der Waals surface area contributed by atoms with Gasteiger partial charge in [0, 0.05) is 19.2 Å². The highest BCUT2D eigenvalue weighted by Crippen LogP contribution is 2.32. The highest BCUT2D eigenvalue weighted by Gasteiger charge is 2.32. The summed E-state index contributed by atoms with van der Waals surface area (Å²) in [5.74, 6) is 0.446. The molecule has 0 bridgehead atoms. The number of hydrogen-bond donors (Lipinski definition) is 1. The lowest BCUT2D eigenvalue weighted by Crippen LogP contribution is -2.50. The highest BCUT2D eigenvalue weighted by molar-refractivity contribution is 6.42. The average molecular weight is 346 g/mol. The molecule has 2 rings (SSSR count). The number of carbonyl (C=O) groups is 1. The van der Waals surface area contributed by atoms with Crippen LogP contribution in [0.1, 0.15) is 26.7 Å². The van der Waals surface area contributed by atoms with Crippen molar-refractivity contribution in [2.75, 3.05) is 13.2 Å². The summed E-state index contributed by atoms with van der Waals surface area (Å²) in [6.07, 6.45) is 1.18. The Morgan fingerprint density at radius 1 is 1.45 bits per heavy atom. The van der Waals surface area contributed by atoms with Gasteiger partial charge in [0.15, 0.2) is 6.10 Å². The highest BCUT2D eigenvalue weighted by atomic mass is 35.5. The molecule has 0 aromatic heterocycles. The Morgan fingerprint density at radius 3 is 2.86 bits per heavy atom. The number of hydrogen-bond acceptors (Lipinski definition) is 3. The van der Waals surface area contributed by atoms with Crippen molar-refractivity contribution in [3.63, 3.8) is 0 Å². The van der Waals surface area contributed by atoms with E-state index in [9.17, 15) is 9.90 Å². The number of piperidine rings is 1. The standard InChI is InChI=1S/C16H21Cl2NO3/c1-10-6-7-12(9-20)8-19(10)16(21)11(2)22-14-5-3-4-13(17)15(14)18/h3-5,10-12,20H,6-9H2,1-2H3. The second-order valence-corrected chi connectivity index (χ2v) is 6.56. The topological polar surface area (TPSA) is 49.8 Å². The summed E-state index contributed by atoms with van der Waals surface area (Å²) in [6, 6.07) is 5.23. The van der Waals surface area contributed by atoms with Crippen molar-refractivity contribution in [3.8, 4) is 5.75 Å². The van der Waals surface area contributed by atoms with Gasteiger partial charge in [0.25, 0.3) is 5.91 Å². The Balaban J connectivity index is 2.06. The van der Waals surface area contributed by atoms with Crippen molar-refractivity contribution in [2.45, 2.75) is 38.8 Å². The van der Waals surface area contributed by atoms with Crippen LogP contribution >= 0.6 is 23.2 Å². The average Bonchev–Trinajstić information content (AvgIpc) is 2.51. The van der Waals surface area contributed by atoms with Gasteiger partial charge in [0.1, 0.15) is 10.8 Å². The van der Waals surface area contributed by atoms with E-state index in [1.54, 1.807) is 30.0 Å². The lowest BCUT2D eigenvalue weighted by molar-refractivity contribution is -0.142. The molecule has 3 unspecified atom stereocenters. The number of ether oxygens (including phenoxy) is 1. The van der Waals surface area contributed by atoms with Crippen LogP contribution in [-0.4, -0.2) is 41.2 Å². The maximum absolute atomic E-state index is 12.6. The predicted molar refractivity (Wildman–Crippen MR) is 87.5 cm³/mol. The molecular weight excluding hydrogens is 325 g/mol. The Morgan fingerprint density at radius 2 is 2.18 bits per heavy atom. The van der Waals surface area contributed by atoms with Gasteiger partial charge in [0.05, 0.1) is 5.02 Å². The molecular formula is C16H21Cl2NO3. The lowest BCUT2D eigenvalue weighted by atomic mass is 9.93. The zero-order valence-corrected chi connectivity index (χ0v) is 14.3. The van der Waals surface area contributed by atoms with Crippen molar-refractivity contribution in [2.24, 2.45) is 5.92 Å². The van der Waals surface area contributed by atoms with E-state index in [0.717, 1.165) is 12.8 Å². The number of benzene rings is 1. The third-order valence-corrected chi connectivity index (χ3v) is 4.89. The zero-order chi connectivity index (χ0) is 16.3. The van der Waals surface area contributed by atoms with E-state index >= 15 is 0 Å². The normalized spacial score (nSPS) is 23.2. The first kappa shape index (κ1) is 17.4. The molecule has 6 heteroatoms. The molecule has 0 radical (unpaired) electrons. The van der Waals surface area contributed by atoms with E-state index in [1.165, 1.54) is 0 Å². The van der Waals surface area contributed by atoms with Crippen LogP contribution in [0.15, 0.2) is 18.2 Å². The maximum Gasteiger partial charge on any atom is 0.263 e. The molecule has 3 atom stereocenters. The van der Waals surface area contributed by atoms with Gasteiger partial charge in [-0.2, -0.15) is 0 Å². The number of nitrogens with zero attached hydrogens (tertiary/aromatic N) is 1. The summed E-state index contributed by atoms with van der Waals surface area (Å²) in [6.45, 7) is 4.39. The van der Waals surface area contributed by atoms with Gasteiger partial charge < -0.3 is 14.7 Å². The van der Waals surface area contributed by atoms with E-state index in [1.807, 2.05) is 6.92 Å². The van der Waals surface area contributed by atoms with Gasteiger partial charge in [-0.3, -0.25) is 4.79 Å². The smallest absolute Gasteiger partial charge is 0.263 e. The summed E-state index contributed by atoms with van der Waals surface area (Å²) in [5.41, 5.74) is 0. The van der Waals surface area contributed by atoms with Crippen molar-refractivity contribution in [3.05, 3.63) is 28.2 Å². The van der Waals surface area contributed by atoms with Crippen LogP contribution in [0.2, 0.25) is 10.0 Å². The molecule has 1 fully saturated rings. The van der Waals surface area contributed by atoms with Crippen molar-refractivity contribution in [1.82, 2.24) is 4.90 Å². The molecule has 1 saturated heterocycles. The van der Waals surface area contributed by atoms with Crippen LogP contribution in [-0.2, 0) is 4.79 Å². The van der Waals surface area contributed by atoms with E-state index in [-0.39, 0.29) is 24.5 Å². The third-order valence-electron chi connectivity index (χ3n) is 4.09. The summed E-state index contributed by atoms with van der Waals surface area (Å²) in [4.78, 5) is 14.4. The molecule has 1 heterocycles. The van der Waals surface area contributed by atoms with Gasteiger partial charge >= 0.3 is 0 Å². The number of rotatable bonds is 4. The maximum atomic E-state index is 12.6. The molecule has 122 valence electrons. The number of halogens is 2. The van der Waals surface area contributed by atoms with Crippen LogP contribution in [0.25, 0.3) is 0 Å². The minimum Gasteiger partial charge on any atom is -0.479 e. The van der Waals surface area contributed by atoms with Crippen LogP contribution in [0.5, 0.6) is 5.75 Å². The summed E-state index contributed by atoms with van der Waals surface area (Å²) in [7, 11) is 0. The fraction of sp³-hybridized carbons (Fsp3) is 0.562. The van der Waals surface area contributed by atoms with Gasteiger partial charge in [-0.25, -0.2) is 0 Å². The Kier molecular flexibility index (Phi) is 5.95. The van der Waals surface area contributed by atoms with Crippen molar-refractivity contribution >= 4 is 29.1 Å². The molecule has 0 spiro atoms. The lowest BCUT2D eigenvalue weighted by Gasteiger charge is -2.38. The minimum atomic E-state index is -0.657. The molecule has 4 nitrogen and oxygen atoms in total. The van der Waals surface area contributed by atoms with E-state index in [2.05, 4.69) is 0 Å². The second-order valence-electron chi connectivity index (χ2n) is 5.78. The molecule has 1 N–H and O–H groups in total. The third kappa shape index (κ3) is 3.86. The molecule has 22 heavy (non-hydrogen) atoms. The first-order valence-electron chi connectivity index (χ1n) is 7.46. The molecule has 1 aromatic carbocycles. The molecule has 1 aliphatic rings. The van der Waals surface area contributed by atoms with Crippen molar-refractivity contribution < 1.29 is 14.6 Å². The predicted octanol–water partition coefficient (Wildman–Crippen LogP) is 3.38. The fourth-order valence-corrected chi connectivity index (χ4v) is 3.02. The number of aliphatic hydroxyl groups excluding tert-OH is 1. The first-order valence-corrected chi connectivity index (χ1v) is 8.21. The number of aliphatic hydroxyl groups is 1. The molecule has 1 amide bonds. The van der Waals surface area contributed by atoms with Crippen LogP contribution in [0.4, 0.5) is 0 Å². The number of amides is 1.